The van der Waals surface area contributed by atoms with Crippen molar-refractivity contribution in [2.45, 2.75) is 39.2 Å². The highest BCUT2D eigenvalue weighted by Crippen LogP contribution is 2.22. The maximum atomic E-state index is 4.23. The van der Waals surface area contributed by atoms with Crippen LogP contribution in [0.2, 0.25) is 0 Å². The van der Waals surface area contributed by atoms with Gasteiger partial charge in [-0.15, -0.1) is 0 Å². The second-order valence-electron chi connectivity index (χ2n) is 3.63. The smallest absolute Gasteiger partial charge is 0.0948 e. The maximum absolute atomic E-state index is 4.23. The summed E-state index contributed by atoms with van der Waals surface area (Å²) in [6.07, 6.45) is 6.34. The number of rotatable bonds is 6. The van der Waals surface area contributed by atoms with Crippen molar-refractivity contribution in [1.29, 1.82) is 0 Å². The molecule has 0 unspecified atom stereocenters. The number of aromatic nitrogens is 2. The van der Waals surface area contributed by atoms with Crippen LogP contribution in [-0.4, -0.2) is 23.1 Å². The minimum absolute atomic E-state index is 0.661. The molecule has 0 aliphatic carbocycles. The Hall–Kier alpha value is -0.830. The highest BCUT2D eigenvalue weighted by atomic mass is 15.1. The van der Waals surface area contributed by atoms with Gasteiger partial charge in [0.2, 0.25) is 0 Å². The fraction of sp³-hybridized carbons (Fsp3) is 0.727. The number of nitrogens with one attached hydrogen (secondary N) is 1. The predicted octanol–water partition coefficient (Wildman–Crippen LogP) is 2.01. The van der Waals surface area contributed by atoms with Gasteiger partial charge >= 0.3 is 0 Å². The monoisotopic (exact) mass is 195 g/mol. The van der Waals surface area contributed by atoms with Crippen LogP contribution in [0.25, 0.3) is 0 Å². The van der Waals surface area contributed by atoms with E-state index in [9.17, 15) is 0 Å². The topological polar surface area (TPSA) is 29.9 Å². The van der Waals surface area contributed by atoms with Crippen molar-refractivity contribution in [1.82, 2.24) is 14.9 Å². The second kappa shape index (κ2) is 5.81. The average molecular weight is 195 g/mol. The average Bonchev–Trinajstić information content (AvgIpc) is 2.65. The molecule has 0 aliphatic rings. The molecule has 80 valence electrons. The zero-order valence-electron chi connectivity index (χ0n) is 9.45. The molecule has 0 aliphatic heterocycles. The third-order valence-electron chi connectivity index (χ3n) is 2.75. The van der Waals surface area contributed by atoms with Crippen LogP contribution in [0.3, 0.4) is 0 Å². The number of likely N-dealkylation sites (N-methyl/N-ethyl adjacent to an activating group) is 1. The van der Waals surface area contributed by atoms with E-state index in [0.717, 1.165) is 13.1 Å². The lowest BCUT2D eigenvalue weighted by molar-refractivity contribution is 0.552. The van der Waals surface area contributed by atoms with Crippen molar-refractivity contribution >= 4 is 0 Å². The Labute approximate surface area is 86.5 Å². The van der Waals surface area contributed by atoms with E-state index in [-0.39, 0.29) is 0 Å². The number of nitrogens with zero attached hydrogens (tertiary/aromatic N) is 2. The molecule has 1 aromatic heterocycles. The van der Waals surface area contributed by atoms with E-state index >= 15 is 0 Å². The molecule has 14 heavy (non-hydrogen) atoms. The summed E-state index contributed by atoms with van der Waals surface area (Å²) in [5, 5.41) is 3.16. The van der Waals surface area contributed by atoms with E-state index in [1.165, 1.54) is 18.5 Å². The molecular formula is C11H21N3. The zero-order valence-corrected chi connectivity index (χ0v) is 9.45. The molecule has 1 rings (SSSR count). The molecule has 0 spiro atoms. The van der Waals surface area contributed by atoms with Crippen LogP contribution in [0.15, 0.2) is 12.5 Å². The van der Waals surface area contributed by atoms with Gasteiger partial charge in [0.1, 0.15) is 0 Å². The Balaban J connectivity index is 2.69. The predicted molar refractivity (Wildman–Crippen MR) is 59.5 cm³/mol. The van der Waals surface area contributed by atoms with Crippen molar-refractivity contribution in [3.8, 4) is 0 Å². The van der Waals surface area contributed by atoms with Crippen molar-refractivity contribution in [3.63, 3.8) is 0 Å². The molecule has 0 radical (unpaired) electrons. The van der Waals surface area contributed by atoms with Crippen LogP contribution in [0, 0.1) is 0 Å². The van der Waals surface area contributed by atoms with Gasteiger partial charge in [0.05, 0.1) is 6.33 Å². The molecule has 1 heterocycles. The van der Waals surface area contributed by atoms with Gasteiger partial charge < -0.3 is 9.88 Å². The lowest BCUT2D eigenvalue weighted by Gasteiger charge is -2.15. The summed E-state index contributed by atoms with van der Waals surface area (Å²) >= 11 is 0. The molecule has 0 saturated heterocycles. The standard InChI is InChI=1S/C11H21N3/c1-4-10(5-2)11-8-13-9-14(11)7-6-12-3/h8-10,12H,4-7H2,1-3H3. The van der Waals surface area contributed by atoms with Crippen LogP contribution in [0.4, 0.5) is 0 Å². The van der Waals surface area contributed by atoms with Gasteiger partial charge in [-0.3, -0.25) is 0 Å². The summed E-state index contributed by atoms with van der Waals surface area (Å²) in [7, 11) is 1.98. The van der Waals surface area contributed by atoms with Gasteiger partial charge in [-0.2, -0.15) is 0 Å². The van der Waals surface area contributed by atoms with Gasteiger partial charge in [0, 0.05) is 30.9 Å². The normalized spacial score (nSPS) is 11.1. The summed E-state index contributed by atoms with van der Waals surface area (Å²) in [6.45, 7) is 6.50. The summed E-state index contributed by atoms with van der Waals surface area (Å²) in [5.74, 6) is 0.661. The summed E-state index contributed by atoms with van der Waals surface area (Å²) in [4.78, 5) is 4.23. The van der Waals surface area contributed by atoms with E-state index in [0.29, 0.717) is 5.92 Å². The van der Waals surface area contributed by atoms with E-state index in [4.69, 9.17) is 0 Å². The Morgan fingerprint density at radius 1 is 1.43 bits per heavy atom. The zero-order chi connectivity index (χ0) is 10.4. The fourth-order valence-electron chi connectivity index (χ4n) is 1.80. The number of hydrogen-bond acceptors (Lipinski definition) is 2. The minimum Gasteiger partial charge on any atom is -0.333 e. The Morgan fingerprint density at radius 2 is 2.14 bits per heavy atom. The lowest BCUT2D eigenvalue weighted by Crippen LogP contribution is -2.16. The number of imidazole rings is 1. The van der Waals surface area contributed by atoms with Crippen molar-refractivity contribution in [2.75, 3.05) is 13.6 Å². The molecule has 1 aromatic rings. The van der Waals surface area contributed by atoms with Crippen molar-refractivity contribution in [2.24, 2.45) is 0 Å². The molecule has 0 saturated carbocycles. The molecule has 0 amide bonds. The Bertz CT molecular complexity index is 251. The molecule has 0 atom stereocenters. The fourth-order valence-corrected chi connectivity index (χ4v) is 1.80. The SMILES string of the molecule is CCC(CC)c1cncn1CCNC. The number of hydrogen-bond donors (Lipinski definition) is 1. The molecular weight excluding hydrogens is 174 g/mol. The summed E-state index contributed by atoms with van der Waals surface area (Å²) in [6, 6.07) is 0. The second-order valence-corrected chi connectivity index (χ2v) is 3.63. The van der Waals surface area contributed by atoms with E-state index in [2.05, 4.69) is 28.7 Å². The first-order valence-corrected chi connectivity index (χ1v) is 5.48. The van der Waals surface area contributed by atoms with Crippen molar-refractivity contribution < 1.29 is 0 Å². The first-order valence-electron chi connectivity index (χ1n) is 5.48. The molecule has 3 heteroatoms. The quantitative estimate of drug-likeness (QED) is 0.752. The van der Waals surface area contributed by atoms with Crippen LogP contribution in [-0.2, 0) is 6.54 Å². The highest BCUT2D eigenvalue weighted by molar-refractivity contribution is 5.05. The van der Waals surface area contributed by atoms with Crippen LogP contribution in [0.5, 0.6) is 0 Å². The van der Waals surface area contributed by atoms with Gasteiger partial charge in [-0.25, -0.2) is 4.98 Å². The third-order valence-corrected chi connectivity index (χ3v) is 2.75. The van der Waals surface area contributed by atoms with Crippen molar-refractivity contribution in [3.05, 3.63) is 18.2 Å². The van der Waals surface area contributed by atoms with Gasteiger partial charge in [-0.1, -0.05) is 13.8 Å². The van der Waals surface area contributed by atoms with Crippen LogP contribution >= 0.6 is 0 Å². The molecule has 1 N–H and O–H groups in total. The summed E-state index contributed by atoms with van der Waals surface area (Å²) in [5.41, 5.74) is 1.38. The van der Waals surface area contributed by atoms with Gasteiger partial charge in [-0.05, 0) is 19.9 Å². The largest absolute Gasteiger partial charge is 0.333 e. The highest BCUT2D eigenvalue weighted by Gasteiger charge is 2.11. The molecule has 0 fully saturated rings. The lowest BCUT2D eigenvalue weighted by atomic mass is 10.00. The molecule has 0 aromatic carbocycles. The Morgan fingerprint density at radius 3 is 2.71 bits per heavy atom. The van der Waals surface area contributed by atoms with E-state index < -0.39 is 0 Å². The maximum Gasteiger partial charge on any atom is 0.0948 e. The summed E-state index contributed by atoms with van der Waals surface area (Å²) < 4.78 is 2.26. The first-order chi connectivity index (χ1) is 6.83. The van der Waals surface area contributed by atoms with Gasteiger partial charge in [0.25, 0.3) is 0 Å². The minimum atomic E-state index is 0.661. The van der Waals surface area contributed by atoms with E-state index in [1.807, 2.05) is 19.6 Å². The van der Waals surface area contributed by atoms with E-state index in [1.54, 1.807) is 0 Å². The molecule has 0 bridgehead atoms. The first kappa shape index (κ1) is 11.2. The Kier molecular flexibility index (Phi) is 4.66. The van der Waals surface area contributed by atoms with Crippen LogP contribution < -0.4 is 5.32 Å². The molecule has 3 nitrogen and oxygen atoms in total. The van der Waals surface area contributed by atoms with Gasteiger partial charge in [0.15, 0.2) is 0 Å². The third kappa shape index (κ3) is 2.58. The van der Waals surface area contributed by atoms with Crippen LogP contribution in [0.1, 0.15) is 38.3 Å².